The molecule has 3 nitrogen and oxygen atoms in total. The van der Waals surface area contributed by atoms with Gasteiger partial charge in [0, 0.05) is 18.0 Å². The van der Waals surface area contributed by atoms with Crippen LogP contribution in [0.4, 0.5) is 0 Å². The second-order valence-electron chi connectivity index (χ2n) is 3.67. The topological polar surface area (TPSA) is 52.0 Å². The van der Waals surface area contributed by atoms with Crippen molar-refractivity contribution >= 4 is 0 Å². The molecule has 1 aromatic heterocycles. The van der Waals surface area contributed by atoms with Crippen LogP contribution in [0.15, 0.2) is 4.52 Å². The van der Waals surface area contributed by atoms with E-state index in [0.29, 0.717) is 12.5 Å². The quantitative estimate of drug-likeness (QED) is 0.757. The summed E-state index contributed by atoms with van der Waals surface area (Å²) in [6, 6.07) is 0. The molecule has 1 atom stereocenters. The lowest BCUT2D eigenvalue weighted by atomic mass is 9.86. The van der Waals surface area contributed by atoms with Gasteiger partial charge in [-0.2, -0.15) is 0 Å². The minimum atomic E-state index is 0.509. The van der Waals surface area contributed by atoms with Gasteiger partial charge in [0.25, 0.3) is 0 Å². The molecule has 0 aromatic carbocycles. The van der Waals surface area contributed by atoms with Crippen LogP contribution in [0.3, 0.4) is 0 Å². The molecule has 0 saturated carbocycles. The summed E-state index contributed by atoms with van der Waals surface area (Å²) in [5.74, 6) is 1.69. The average Bonchev–Trinajstić information content (AvgIpc) is 2.60. The van der Waals surface area contributed by atoms with E-state index in [-0.39, 0.29) is 0 Å². The SMILES string of the molecule is CCC1CCCc2c(CN)noc21. The summed E-state index contributed by atoms with van der Waals surface area (Å²) >= 11 is 0. The van der Waals surface area contributed by atoms with E-state index < -0.39 is 0 Å². The molecule has 0 bridgehead atoms. The molecule has 0 radical (unpaired) electrons. The molecule has 3 heteroatoms. The monoisotopic (exact) mass is 180 g/mol. The van der Waals surface area contributed by atoms with Crippen LogP contribution in [-0.4, -0.2) is 5.16 Å². The van der Waals surface area contributed by atoms with Gasteiger partial charge in [0.15, 0.2) is 0 Å². The lowest BCUT2D eigenvalue weighted by Gasteiger charge is -2.18. The number of fused-ring (bicyclic) bond motifs is 1. The first-order chi connectivity index (χ1) is 6.36. The zero-order chi connectivity index (χ0) is 9.26. The summed E-state index contributed by atoms with van der Waals surface area (Å²) in [6.45, 7) is 2.71. The highest BCUT2D eigenvalue weighted by Crippen LogP contribution is 2.35. The summed E-state index contributed by atoms with van der Waals surface area (Å²) in [7, 11) is 0. The Kier molecular flexibility index (Phi) is 2.36. The molecular formula is C10H16N2O. The van der Waals surface area contributed by atoms with E-state index in [9.17, 15) is 0 Å². The van der Waals surface area contributed by atoms with Crippen molar-refractivity contribution < 1.29 is 4.52 Å². The van der Waals surface area contributed by atoms with Crippen molar-refractivity contribution in [2.24, 2.45) is 5.73 Å². The van der Waals surface area contributed by atoms with Gasteiger partial charge in [0.2, 0.25) is 0 Å². The fourth-order valence-corrected chi connectivity index (χ4v) is 2.15. The lowest BCUT2D eigenvalue weighted by molar-refractivity contribution is 0.334. The van der Waals surface area contributed by atoms with Crippen molar-refractivity contribution in [3.8, 4) is 0 Å². The number of nitrogens with zero attached hydrogens (tertiary/aromatic N) is 1. The van der Waals surface area contributed by atoms with Crippen LogP contribution in [0.1, 0.15) is 49.1 Å². The Morgan fingerprint density at radius 1 is 1.62 bits per heavy atom. The zero-order valence-corrected chi connectivity index (χ0v) is 8.05. The Morgan fingerprint density at radius 3 is 3.15 bits per heavy atom. The van der Waals surface area contributed by atoms with Gasteiger partial charge in [-0.25, -0.2) is 0 Å². The zero-order valence-electron chi connectivity index (χ0n) is 8.05. The number of aromatic nitrogens is 1. The van der Waals surface area contributed by atoms with Crippen molar-refractivity contribution in [3.05, 3.63) is 17.0 Å². The van der Waals surface area contributed by atoms with Crippen molar-refractivity contribution in [2.45, 2.75) is 45.1 Å². The highest BCUT2D eigenvalue weighted by atomic mass is 16.5. The molecule has 0 amide bonds. The minimum Gasteiger partial charge on any atom is -0.361 e. The number of hydrogen-bond acceptors (Lipinski definition) is 3. The normalized spacial score (nSPS) is 21.5. The molecule has 0 saturated heterocycles. The molecule has 0 fully saturated rings. The Bertz CT molecular complexity index is 293. The van der Waals surface area contributed by atoms with E-state index in [1.807, 2.05) is 0 Å². The molecule has 2 rings (SSSR count). The molecule has 2 N–H and O–H groups in total. The molecular weight excluding hydrogens is 164 g/mol. The Hall–Kier alpha value is -0.830. The smallest absolute Gasteiger partial charge is 0.143 e. The van der Waals surface area contributed by atoms with Crippen LogP contribution >= 0.6 is 0 Å². The van der Waals surface area contributed by atoms with Gasteiger partial charge in [-0.05, 0) is 25.7 Å². The first-order valence-electron chi connectivity index (χ1n) is 5.04. The third kappa shape index (κ3) is 1.37. The van der Waals surface area contributed by atoms with Crippen molar-refractivity contribution in [1.29, 1.82) is 0 Å². The number of rotatable bonds is 2. The maximum atomic E-state index is 5.58. The van der Waals surface area contributed by atoms with Gasteiger partial charge in [-0.1, -0.05) is 12.1 Å². The predicted molar refractivity (Wildman–Crippen MR) is 50.4 cm³/mol. The third-order valence-electron chi connectivity index (χ3n) is 2.94. The summed E-state index contributed by atoms with van der Waals surface area (Å²) in [4.78, 5) is 0. The highest BCUT2D eigenvalue weighted by molar-refractivity contribution is 5.28. The highest BCUT2D eigenvalue weighted by Gasteiger charge is 2.25. The standard InChI is InChI=1S/C10H16N2O/c1-2-7-4-3-5-8-9(6-11)12-13-10(7)8/h7H,2-6,11H2,1H3. The minimum absolute atomic E-state index is 0.509. The largest absolute Gasteiger partial charge is 0.361 e. The van der Waals surface area contributed by atoms with E-state index in [0.717, 1.165) is 24.3 Å². The summed E-state index contributed by atoms with van der Waals surface area (Å²) in [6.07, 6.45) is 4.73. The molecule has 1 unspecified atom stereocenters. The van der Waals surface area contributed by atoms with Gasteiger partial charge < -0.3 is 10.3 Å². The van der Waals surface area contributed by atoms with Crippen LogP contribution < -0.4 is 5.73 Å². The third-order valence-corrected chi connectivity index (χ3v) is 2.94. The van der Waals surface area contributed by atoms with Crippen LogP contribution in [0.2, 0.25) is 0 Å². The molecule has 0 aliphatic heterocycles. The van der Waals surface area contributed by atoms with Crippen LogP contribution in [-0.2, 0) is 13.0 Å². The Morgan fingerprint density at radius 2 is 2.46 bits per heavy atom. The van der Waals surface area contributed by atoms with Crippen LogP contribution in [0.25, 0.3) is 0 Å². The molecule has 13 heavy (non-hydrogen) atoms. The predicted octanol–water partition coefficient (Wildman–Crippen LogP) is 1.96. The summed E-state index contributed by atoms with van der Waals surface area (Å²) in [5.41, 5.74) is 7.84. The fourth-order valence-electron chi connectivity index (χ4n) is 2.15. The van der Waals surface area contributed by atoms with Gasteiger partial charge in [0.1, 0.15) is 11.5 Å². The summed E-state index contributed by atoms with van der Waals surface area (Å²) in [5, 5.41) is 4.01. The fraction of sp³-hybridized carbons (Fsp3) is 0.700. The lowest BCUT2D eigenvalue weighted by Crippen LogP contribution is -2.09. The Labute approximate surface area is 78.3 Å². The van der Waals surface area contributed by atoms with Crippen molar-refractivity contribution in [3.63, 3.8) is 0 Å². The molecule has 0 spiro atoms. The average molecular weight is 180 g/mol. The van der Waals surface area contributed by atoms with E-state index in [1.165, 1.54) is 18.4 Å². The molecule has 1 aliphatic carbocycles. The van der Waals surface area contributed by atoms with Gasteiger partial charge >= 0.3 is 0 Å². The first kappa shape index (κ1) is 8.75. The molecule has 72 valence electrons. The molecule has 1 heterocycles. The van der Waals surface area contributed by atoms with Crippen LogP contribution in [0.5, 0.6) is 0 Å². The van der Waals surface area contributed by atoms with Gasteiger partial charge in [-0.3, -0.25) is 0 Å². The second-order valence-corrected chi connectivity index (χ2v) is 3.67. The van der Waals surface area contributed by atoms with Crippen molar-refractivity contribution in [1.82, 2.24) is 5.16 Å². The van der Waals surface area contributed by atoms with Crippen LogP contribution in [0, 0.1) is 0 Å². The van der Waals surface area contributed by atoms with E-state index >= 15 is 0 Å². The summed E-state index contributed by atoms with van der Waals surface area (Å²) < 4.78 is 5.35. The van der Waals surface area contributed by atoms with E-state index in [1.54, 1.807) is 0 Å². The molecule has 1 aliphatic rings. The molecule has 1 aromatic rings. The van der Waals surface area contributed by atoms with Crippen molar-refractivity contribution in [2.75, 3.05) is 0 Å². The first-order valence-corrected chi connectivity index (χ1v) is 5.04. The maximum absolute atomic E-state index is 5.58. The van der Waals surface area contributed by atoms with E-state index in [4.69, 9.17) is 10.3 Å². The van der Waals surface area contributed by atoms with E-state index in [2.05, 4.69) is 12.1 Å². The Balaban J connectivity index is 2.36. The van der Waals surface area contributed by atoms with Gasteiger partial charge in [0.05, 0.1) is 0 Å². The van der Waals surface area contributed by atoms with Gasteiger partial charge in [-0.15, -0.1) is 0 Å². The number of hydrogen-bond donors (Lipinski definition) is 1. The number of nitrogens with two attached hydrogens (primary N) is 1. The maximum Gasteiger partial charge on any atom is 0.143 e. The second kappa shape index (κ2) is 3.50.